The fraction of sp³-hybridized carbons (Fsp3) is 0.316. The van der Waals surface area contributed by atoms with Gasteiger partial charge < -0.3 is 15.7 Å². The van der Waals surface area contributed by atoms with Gasteiger partial charge in [-0.3, -0.25) is 4.90 Å². The predicted molar refractivity (Wildman–Crippen MR) is 96.2 cm³/mol. The summed E-state index contributed by atoms with van der Waals surface area (Å²) in [5.41, 5.74) is 3.20. The number of carbonyl (C=O) groups is 1. The van der Waals surface area contributed by atoms with Gasteiger partial charge >= 0.3 is 6.03 Å². The summed E-state index contributed by atoms with van der Waals surface area (Å²) in [6.45, 7) is 2.75. The first kappa shape index (κ1) is 17.4. The van der Waals surface area contributed by atoms with Crippen LogP contribution in [0.25, 0.3) is 0 Å². The summed E-state index contributed by atoms with van der Waals surface area (Å²) in [6, 6.07) is 11.5. The largest absolute Gasteiger partial charge is 0.396 e. The van der Waals surface area contributed by atoms with Gasteiger partial charge in [0, 0.05) is 31.9 Å². The SMILES string of the molecule is O=C(Nc1ccccc1F)Nc1cccc2c1CCN(CCCO)C2. The number of benzene rings is 2. The van der Waals surface area contributed by atoms with E-state index in [9.17, 15) is 9.18 Å². The third-order valence-electron chi connectivity index (χ3n) is 4.35. The van der Waals surface area contributed by atoms with Crippen molar-refractivity contribution in [2.45, 2.75) is 19.4 Å². The Morgan fingerprint density at radius 3 is 2.68 bits per heavy atom. The van der Waals surface area contributed by atoms with E-state index in [0.717, 1.165) is 43.7 Å². The van der Waals surface area contributed by atoms with Crippen LogP contribution in [0.15, 0.2) is 42.5 Å². The highest BCUT2D eigenvalue weighted by Gasteiger charge is 2.19. The molecule has 1 heterocycles. The van der Waals surface area contributed by atoms with Crippen LogP contribution in [0.2, 0.25) is 0 Å². The number of urea groups is 1. The molecule has 0 bridgehead atoms. The molecule has 0 aromatic heterocycles. The number of halogens is 1. The Bertz CT molecular complexity index is 751. The number of aliphatic hydroxyl groups is 1. The first-order valence-corrected chi connectivity index (χ1v) is 8.44. The molecule has 0 atom stereocenters. The molecule has 0 fully saturated rings. The maximum atomic E-state index is 13.6. The molecule has 3 N–H and O–H groups in total. The molecule has 2 aromatic carbocycles. The number of carbonyl (C=O) groups excluding carboxylic acids is 1. The van der Waals surface area contributed by atoms with Crippen LogP contribution in [0.1, 0.15) is 17.5 Å². The van der Waals surface area contributed by atoms with E-state index < -0.39 is 11.8 Å². The first-order chi connectivity index (χ1) is 12.2. The predicted octanol–water partition coefficient (Wildman–Crippen LogP) is 3.21. The minimum absolute atomic E-state index is 0.153. The van der Waals surface area contributed by atoms with Crippen molar-refractivity contribution in [1.29, 1.82) is 0 Å². The van der Waals surface area contributed by atoms with Crippen molar-refractivity contribution < 1.29 is 14.3 Å². The molecule has 0 spiro atoms. The molecule has 0 saturated carbocycles. The summed E-state index contributed by atoms with van der Waals surface area (Å²) in [5.74, 6) is -0.465. The van der Waals surface area contributed by atoms with Crippen LogP contribution in [0.5, 0.6) is 0 Å². The Morgan fingerprint density at radius 2 is 1.88 bits per heavy atom. The van der Waals surface area contributed by atoms with E-state index in [1.807, 2.05) is 12.1 Å². The Hall–Kier alpha value is -2.44. The Kier molecular flexibility index (Phi) is 5.63. The van der Waals surface area contributed by atoms with Crippen molar-refractivity contribution in [3.63, 3.8) is 0 Å². The van der Waals surface area contributed by atoms with E-state index in [1.165, 1.54) is 17.7 Å². The molecule has 0 radical (unpaired) electrons. The summed E-state index contributed by atoms with van der Waals surface area (Å²) in [5, 5.41) is 14.3. The number of nitrogens with zero attached hydrogens (tertiary/aromatic N) is 1. The van der Waals surface area contributed by atoms with Crippen LogP contribution >= 0.6 is 0 Å². The molecule has 5 nitrogen and oxygen atoms in total. The minimum Gasteiger partial charge on any atom is -0.396 e. The van der Waals surface area contributed by atoms with Crippen molar-refractivity contribution in [1.82, 2.24) is 4.90 Å². The monoisotopic (exact) mass is 343 g/mol. The lowest BCUT2D eigenvalue weighted by Crippen LogP contribution is -2.32. The molecule has 6 heteroatoms. The second-order valence-corrected chi connectivity index (χ2v) is 6.11. The fourth-order valence-electron chi connectivity index (χ4n) is 3.11. The first-order valence-electron chi connectivity index (χ1n) is 8.44. The molecule has 0 saturated heterocycles. The number of hydrogen-bond donors (Lipinski definition) is 3. The number of hydrogen-bond acceptors (Lipinski definition) is 3. The van der Waals surface area contributed by atoms with Crippen molar-refractivity contribution >= 4 is 17.4 Å². The number of para-hydroxylation sites is 1. The molecular weight excluding hydrogens is 321 g/mol. The zero-order valence-electron chi connectivity index (χ0n) is 14.0. The van der Waals surface area contributed by atoms with Crippen molar-refractivity contribution in [3.05, 3.63) is 59.4 Å². The average molecular weight is 343 g/mol. The Morgan fingerprint density at radius 1 is 1.12 bits per heavy atom. The summed E-state index contributed by atoms with van der Waals surface area (Å²) in [4.78, 5) is 14.5. The summed E-state index contributed by atoms with van der Waals surface area (Å²) in [6.07, 6.45) is 1.59. The van der Waals surface area contributed by atoms with Gasteiger partial charge in [-0.25, -0.2) is 9.18 Å². The topological polar surface area (TPSA) is 64.6 Å². The highest BCUT2D eigenvalue weighted by atomic mass is 19.1. The highest BCUT2D eigenvalue weighted by molar-refractivity contribution is 6.00. The maximum absolute atomic E-state index is 13.6. The van der Waals surface area contributed by atoms with Gasteiger partial charge in [-0.1, -0.05) is 24.3 Å². The van der Waals surface area contributed by atoms with Crippen LogP contribution < -0.4 is 10.6 Å². The smallest absolute Gasteiger partial charge is 0.323 e. The number of amides is 2. The van der Waals surface area contributed by atoms with Gasteiger partial charge in [0.1, 0.15) is 5.82 Å². The van der Waals surface area contributed by atoms with Gasteiger partial charge in [0.2, 0.25) is 0 Å². The zero-order valence-corrected chi connectivity index (χ0v) is 14.0. The van der Waals surface area contributed by atoms with E-state index in [1.54, 1.807) is 12.1 Å². The maximum Gasteiger partial charge on any atom is 0.323 e. The number of rotatable bonds is 5. The van der Waals surface area contributed by atoms with Crippen molar-refractivity contribution in [2.75, 3.05) is 30.3 Å². The second-order valence-electron chi connectivity index (χ2n) is 6.11. The van der Waals surface area contributed by atoms with Crippen molar-refractivity contribution in [2.24, 2.45) is 0 Å². The van der Waals surface area contributed by atoms with Gasteiger partial charge in [-0.05, 0) is 42.2 Å². The van der Waals surface area contributed by atoms with Crippen LogP contribution in [0.3, 0.4) is 0 Å². The molecule has 0 aliphatic carbocycles. The van der Waals surface area contributed by atoms with E-state index in [2.05, 4.69) is 21.6 Å². The Labute approximate surface area is 146 Å². The third kappa shape index (κ3) is 4.35. The lowest BCUT2D eigenvalue weighted by atomic mass is 9.97. The lowest BCUT2D eigenvalue weighted by Gasteiger charge is -2.29. The van der Waals surface area contributed by atoms with Gasteiger partial charge in [0.25, 0.3) is 0 Å². The third-order valence-corrected chi connectivity index (χ3v) is 4.35. The summed E-state index contributed by atoms with van der Waals surface area (Å²) < 4.78 is 13.6. The zero-order chi connectivity index (χ0) is 17.6. The number of nitrogens with one attached hydrogen (secondary N) is 2. The summed E-state index contributed by atoms with van der Waals surface area (Å²) >= 11 is 0. The van der Waals surface area contributed by atoms with Crippen molar-refractivity contribution in [3.8, 4) is 0 Å². The van der Waals surface area contributed by atoms with Crippen LogP contribution in [-0.2, 0) is 13.0 Å². The fourth-order valence-corrected chi connectivity index (χ4v) is 3.11. The molecule has 1 aliphatic heterocycles. The van der Waals surface area contributed by atoms with E-state index in [-0.39, 0.29) is 12.3 Å². The number of fused-ring (bicyclic) bond motifs is 1. The summed E-state index contributed by atoms with van der Waals surface area (Å²) in [7, 11) is 0. The number of anilines is 2. The van der Waals surface area contributed by atoms with Crippen LogP contribution in [0, 0.1) is 5.82 Å². The van der Waals surface area contributed by atoms with E-state index >= 15 is 0 Å². The van der Waals surface area contributed by atoms with Gasteiger partial charge in [0.15, 0.2) is 0 Å². The highest BCUT2D eigenvalue weighted by Crippen LogP contribution is 2.26. The minimum atomic E-state index is -0.465. The molecule has 3 rings (SSSR count). The van der Waals surface area contributed by atoms with Gasteiger partial charge in [-0.2, -0.15) is 0 Å². The molecule has 2 aromatic rings. The van der Waals surface area contributed by atoms with E-state index in [4.69, 9.17) is 5.11 Å². The van der Waals surface area contributed by atoms with Crippen LogP contribution in [-0.4, -0.2) is 35.7 Å². The lowest BCUT2D eigenvalue weighted by molar-refractivity contribution is 0.212. The molecule has 0 unspecified atom stereocenters. The molecular formula is C19H22FN3O2. The molecule has 132 valence electrons. The molecule has 25 heavy (non-hydrogen) atoms. The normalized spacial score (nSPS) is 14.0. The molecule has 2 amide bonds. The van der Waals surface area contributed by atoms with Gasteiger partial charge in [-0.15, -0.1) is 0 Å². The van der Waals surface area contributed by atoms with Crippen LogP contribution in [0.4, 0.5) is 20.6 Å². The Balaban J connectivity index is 1.68. The quantitative estimate of drug-likeness (QED) is 0.781. The average Bonchev–Trinajstić information content (AvgIpc) is 2.62. The number of aliphatic hydroxyl groups excluding tert-OH is 1. The van der Waals surface area contributed by atoms with E-state index in [0.29, 0.717) is 0 Å². The molecule has 1 aliphatic rings. The standard InChI is InChI=1S/C19H22FN3O2/c20-16-6-1-2-7-18(16)22-19(25)21-17-8-3-5-14-13-23(10-4-12-24)11-9-15(14)17/h1-3,5-8,24H,4,9-13H2,(H2,21,22,25). The second kappa shape index (κ2) is 8.09. The van der Waals surface area contributed by atoms with Gasteiger partial charge in [0.05, 0.1) is 5.69 Å².